The molecule has 6 heavy (non-hydrogen) atoms. The molecule has 0 aliphatic carbocycles. The predicted molar refractivity (Wildman–Crippen MR) is 9.82 cm³/mol. The van der Waals surface area contributed by atoms with E-state index in [1.54, 1.807) is 0 Å². The van der Waals surface area contributed by atoms with Crippen LogP contribution in [0.1, 0.15) is 0 Å². The van der Waals surface area contributed by atoms with Gasteiger partial charge in [-0.2, -0.15) is 8.39 Å². The van der Waals surface area contributed by atoms with E-state index < -0.39 is 7.99 Å². The summed E-state index contributed by atoms with van der Waals surface area (Å²) in [6, 6.07) is 0. The van der Waals surface area contributed by atoms with Crippen LogP contribution in [0.5, 0.6) is 0 Å². The fourth-order valence-electron chi connectivity index (χ4n) is 0. The number of hydrogen-bond donors (Lipinski definition) is 0. The van der Waals surface area contributed by atoms with E-state index in [-0.39, 0.29) is 49.9 Å². The molecule has 0 bridgehead atoms. The van der Waals surface area contributed by atoms with Crippen LogP contribution in [0.15, 0.2) is 0 Å². The van der Waals surface area contributed by atoms with Crippen LogP contribution in [0.3, 0.4) is 0 Å². The summed E-state index contributed by atoms with van der Waals surface area (Å²) in [6.45, 7) is 0. The minimum Gasteiger partial charge on any atom is -0.749 e. The van der Waals surface area contributed by atoms with Crippen LogP contribution in [-0.4, -0.2) is 0 Å². The van der Waals surface area contributed by atoms with E-state index in [2.05, 4.69) is 0 Å². The summed E-state index contributed by atoms with van der Waals surface area (Å²) < 4.78 is 28.4. The monoisotopic (exact) mass is 324 g/mol. The molecule has 0 radical (unpaired) electrons. The Morgan fingerprint density at radius 2 is 1.50 bits per heavy atom. The molecule has 0 aromatic carbocycles. The largest absolute Gasteiger partial charge is 1.00 e. The molecule has 0 aromatic rings. The van der Waals surface area contributed by atoms with Gasteiger partial charge in [0.05, 0.1) is 0 Å². The van der Waals surface area contributed by atoms with Gasteiger partial charge in [0, 0.05) is 0 Å². The van der Waals surface area contributed by atoms with E-state index in [0.29, 0.717) is 0 Å². The van der Waals surface area contributed by atoms with Crippen LogP contribution in [0, 0.1) is 49.9 Å². The molecule has 0 spiro atoms. The smallest absolute Gasteiger partial charge is 0.749 e. The molecule has 0 aliphatic heterocycles. The van der Waals surface area contributed by atoms with E-state index >= 15 is 0 Å². The van der Waals surface area contributed by atoms with Crippen molar-refractivity contribution in [1.29, 1.82) is 0 Å². The maximum atomic E-state index is 10.0. The average Bonchev–Trinajstić information content (AvgIpc) is 0.722. The summed E-state index contributed by atoms with van der Waals surface area (Å²) in [7, 11) is -5.89. The van der Waals surface area contributed by atoms with Gasteiger partial charge in [-0.1, -0.05) is 0 Å². The molecule has 0 unspecified atom stereocenters. The van der Waals surface area contributed by atoms with E-state index in [9.17, 15) is 8.39 Å². The van der Waals surface area contributed by atoms with Gasteiger partial charge >= 0.3 is 57.9 Å². The van der Waals surface area contributed by atoms with E-state index in [0.717, 1.165) is 0 Å². The van der Waals surface area contributed by atoms with Crippen molar-refractivity contribution in [2.24, 2.45) is 0 Å². The number of rotatable bonds is 0. The van der Waals surface area contributed by atoms with Crippen molar-refractivity contribution in [3.63, 3.8) is 0 Å². The topological polar surface area (TPSA) is 40.1 Å². The van der Waals surface area contributed by atoms with Crippen molar-refractivity contribution in [2.45, 2.75) is 0 Å². The quantitative estimate of drug-likeness (QED) is 0.605. The molecule has 6 heteroatoms. The molecule has 0 aliphatic rings. The third-order valence-corrected chi connectivity index (χ3v) is 0. The molecule has 0 fully saturated rings. The maximum Gasteiger partial charge on any atom is 1.00 e. The van der Waals surface area contributed by atoms with E-state index in [1.807, 2.05) is 0 Å². The van der Waals surface area contributed by atoms with Crippen LogP contribution in [0.4, 0.5) is 8.39 Å². The first-order chi connectivity index (χ1) is 2.00. The minimum absolute atomic E-state index is 0. The summed E-state index contributed by atoms with van der Waals surface area (Å²) >= 11 is 0. The Morgan fingerprint density at radius 3 is 1.50 bits per heavy atom. The summed E-state index contributed by atoms with van der Waals surface area (Å²) in [6.07, 6.45) is 0. The van der Waals surface area contributed by atoms with Gasteiger partial charge in [-0.25, -0.2) is 0 Å². The Balaban J connectivity index is 0. The molecule has 0 heterocycles. The van der Waals surface area contributed by atoms with Crippen LogP contribution in [0.2, 0.25) is 0 Å². The first kappa shape index (κ1) is 10.6. The molecule has 32 valence electrons. The zero-order valence-corrected chi connectivity index (χ0v) is 12.1. The predicted octanol–water partition coefficient (Wildman–Crippen LogP) is 0.394. The fraction of sp³-hybridized carbons (Fsp3) is 0. The minimum atomic E-state index is -5.89. The molecule has 0 N–H and O–H groups in total. The number of halogens is 2. The van der Waals surface area contributed by atoms with Crippen molar-refractivity contribution < 1.29 is 67.7 Å². The Labute approximate surface area is 74.6 Å². The zero-order valence-electron chi connectivity index (χ0n) is 3.02. The third-order valence-electron chi connectivity index (χ3n) is 0. The van der Waals surface area contributed by atoms with Gasteiger partial charge < -0.3 is 4.89 Å². The Morgan fingerprint density at radius 1 is 1.50 bits per heavy atom. The van der Waals surface area contributed by atoms with Gasteiger partial charge in [0.15, 0.2) is 0 Å². The van der Waals surface area contributed by atoms with Crippen LogP contribution >= 0.6 is 7.99 Å². The average molecular weight is 324 g/mol. The Hall–Kier alpha value is 1.65. The number of hydrogen-bond acceptors (Lipinski definition) is 2. The molecular formula is F2FrO2P. The molecule has 0 saturated heterocycles. The van der Waals surface area contributed by atoms with Gasteiger partial charge in [-0.3, -0.25) is 4.57 Å². The van der Waals surface area contributed by atoms with Crippen LogP contribution in [-0.2, 0) is 4.57 Å². The van der Waals surface area contributed by atoms with Gasteiger partial charge in [0.1, 0.15) is 0 Å². The Bertz CT molecular complexity index is 57.7. The van der Waals surface area contributed by atoms with Gasteiger partial charge in [-0.15, -0.1) is 0 Å². The summed E-state index contributed by atoms with van der Waals surface area (Å²) in [5, 5.41) is 0. The molecule has 0 saturated carbocycles. The first-order valence-electron chi connectivity index (χ1n) is 0.703. The second kappa shape index (κ2) is 3.63. The maximum absolute atomic E-state index is 10.0. The second-order valence-corrected chi connectivity index (χ2v) is 1.24. The molecule has 0 aromatic heterocycles. The van der Waals surface area contributed by atoms with Crippen molar-refractivity contribution in [3.8, 4) is 0 Å². The molecule has 0 amide bonds. The molecular weight excluding hydrogens is 324 g/mol. The summed E-state index contributed by atoms with van der Waals surface area (Å²) in [5.41, 5.74) is 0. The van der Waals surface area contributed by atoms with Crippen molar-refractivity contribution in [2.75, 3.05) is 0 Å². The van der Waals surface area contributed by atoms with Crippen LogP contribution in [0.25, 0.3) is 0 Å². The van der Waals surface area contributed by atoms with E-state index in [4.69, 9.17) is 9.46 Å². The van der Waals surface area contributed by atoms with Crippen molar-refractivity contribution in [1.82, 2.24) is 0 Å². The Kier molecular flexibility index (Phi) is 6.40. The van der Waals surface area contributed by atoms with Crippen LogP contribution < -0.4 is 4.89 Å². The first-order valence-corrected chi connectivity index (χ1v) is 2.11. The normalized spacial score (nSPS) is 9.83. The summed E-state index contributed by atoms with van der Waals surface area (Å²) in [4.78, 5) is 8.33. The van der Waals surface area contributed by atoms with Crippen molar-refractivity contribution in [3.05, 3.63) is 0 Å². The fourth-order valence-corrected chi connectivity index (χ4v) is 0. The third kappa shape index (κ3) is 44.9. The van der Waals surface area contributed by atoms with Gasteiger partial charge in [-0.05, 0) is 0 Å². The van der Waals surface area contributed by atoms with E-state index in [1.165, 1.54) is 0 Å². The molecule has 0 rings (SSSR count). The second-order valence-electron chi connectivity index (χ2n) is 0.414. The standard InChI is InChI=1S/F2HO2P.Fr/c1-5(2,3)4;/h(H,3,4);/q;+1/p-1. The summed E-state index contributed by atoms with van der Waals surface area (Å²) in [5.74, 6) is 0. The van der Waals surface area contributed by atoms with Gasteiger partial charge in [0.25, 0.3) is 0 Å². The van der Waals surface area contributed by atoms with Crippen molar-refractivity contribution >= 4 is 7.99 Å². The van der Waals surface area contributed by atoms with Gasteiger partial charge in [0.2, 0.25) is 0 Å². The zero-order chi connectivity index (χ0) is 4.50. The molecule has 2 nitrogen and oxygen atoms in total. The molecule has 0 atom stereocenters. The SMILES string of the molecule is O=P([O-])(F)F.[Fr+].